The number of aryl methyl sites for hydroxylation is 2. The standard InChI is InChI=1S/C27H37NO5/c1-5-6-15-32-26-18-22(2)27(23(3)19-26)33-16-8-7-14-30-20-24-9-11-25(12-10-24)21-31-17-13-28-29-4/h5-6,9-13,18-19H,7-8,14-17,20-21H2,1-4H3/b6-5+,28-13?. The molecule has 0 atom stereocenters. The predicted octanol–water partition coefficient (Wildman–Crippen LogP) is 5.78. The molecule has 0 saturated heterocycles. The largest absolute Gasteiger partial charge is 0.493 e. The average molecular weight is 456 g/mol. The molecule has 2 aromatic carbocycles. The van der Waals surface area contributed by atoms with Crippen molar-refractivity contribution in [2.75, 3.05) is 33.5 Å². The van der Waals surface area contributed by atoms with Gasteiger partial charge in [0.1, 0.15) is 25.2 Å². The Morgan fingerprint density at radius 2 is 1.45 bits per heavy atom. The van der Waals surface area contributed by atoms with E-state index in [1.807, 2.05) is 31.2 Å². The molecular formula is C27H37NO5. The number of oxime groups is 1. The Labute approximate surface area is 198 Å². The summed E-state index contributed by atoms with van der Waals surface area (Å²) in [5.74, 6) is 1.82. The third-order valence-corrected chi connectivity index (χ3v) is 4.88. The Kier molecular flexibility index (Phi) is 12.7. The highest BCUT2D eigenvalue weighted by Crippen LogP contribution is 2.28. The molecule has 0 radical (unpaired) electrons. The van der Waals surface area contributed by atoms with E-state index in [0.29, 0.717) is 39.6 Å². The molecule has 0 heterocycles. The number of hydrogen-bond acceptors (Lipinski definition) is 6. The van der Waals surface area contributed by atoms with Crippen LogP contribution in [0.5, 0.6) is 11.5 Å². The van der Waals surface area contributed by atoms with Crippen LogP contribution < -0.4 is 9.47 Å². The number of allylic oxidation sites excluding steroid dienone is 1. The van der Waals surface area contributed by atoms with Crippen molar-refractivity contribution in [2.45, 2.75) is 46.8 Å². The average Bonchev–Trinajstić information content (AvgIpc) is 2.81. The van der Waals surface area contributed by atoms with Crippen molar-refractivity contribution < 1.29 is 23.8 Å². The first kappa shape index (κ1) is 26.4. The molecular weight excluding hydrogens is 418 g/mol. The molecule has 0 bridgehead atoms. The minimum Gasteiger partial charge on any atom is -0.493 e. The summed E-state index contributed by atoms with van der Waals surface area (Å²) in [5, 5.41) is 3.63. The van der Waals surface area contributed by atoms with Crippen molar-refractivity contribution in [3.8, 4) is 11.5 Å². The molecule has 0 saturated carbocycles. The molecule has 0 aromatic heterocycles. The molecule has 0 aliphatic heterocycles. The first-order valence-electron chi connectivity index (χ1n) is 11.4. The van der Waals surface area contributed by atoms with Crippen LogP contribution in [0.3, 0.4) is 0 Å². The molecule has 0 spiro atoms. The van der Waals surface area contributed by atoms with Gasteiger partial charge in [-0.3, -0.25) is 0 Å². The Hall–Kier alpha value is -2.83. The topological polar surface area (TPSA) is 58.5 Å². The van der Waals surface area contributed by atoms with Gasteiger partial charge in [-0.15, -0.1) is 0 Å². The lowest BCUT2D eigenvalue weighted by molar-refractivity contribution is 0.113. The van der Waals surface area contributed by atoms with Crippen LogP contribution in [0.1, 0.15) is 42.0 Å². The van der Waals surface area contributed by atoms with Crippen molar-refractivity contribution in [3.63, 3.8) is 0 Å². The van der Waals surface area contributed by atoms with Gasteiger partial charge in [-0.1, -0.05) is 41.6 Å². The Morgan fingerprint density at radius 3 is 2.09 bits per heavy atom. The van der Waals surface area contributed by atoms with Crippen LogP contribution in [-0.4, -0.2) is 39.8 Å². The Bertz CT molecular complexity index is 838. The fourth-order valence-electron chi connectivity index (χ4n) is 3.20. The van der Waals surface area contributed by atoms with Gasteiger partial charge in [-0.05, 0) is 68.0 Å². The highest BCUT2D eigenvalue weighted by atomic mass is 16.6. The summed E-state index contributed by atoms with van der Waals surface area (Å²) in [6.45, 7) is 9.65. The van der Waals surface area contributed by atoms with Crippen molar-refractivity contribution in [1.82, 2.24) is 0 Å². The van der Waals surface area contributed by atoms with E-state index in [9.17, 15) is 0 Å². The fourth-order valence-corrected chi connectivity index (χ4v) is 3.20. The van der Waals surface area contributed by atoms with Crippen LogP contribution in [0.4, 0.5) is 0 Å². The molecule has 2 aromatic rings. The predicted molar refractivity (Wildman–Crippen MR) is 132 cm³/mol. The van der Waals surface area contributed by atoms with Crippen LogP contribution in [0.25, 0.3) is 0 Å². The summed E-state index contributed by atoms with van der Waals surface area (Å²) in [5.41, 5.74) is 4.46. The second-order valence-corrected chi connectivity index (χ2v) is 7.68. The molecule has 6 nitrogen and oxygen atoms in total. The SMILES string of the molecule is C/C=C/COc1cc(C)c(OCCCCOCc2ccc(COCC=NOC)cc2)c(C)c1. The lowest BCUT2D eigenvalue weighted by atomic mass is 10.1. The molecule has 0 fully saturated rings. The van der Waals surface area contributed by atoms with E-state index in [0.717, 1.165) is 46.6 Å². The number of hydrogen-bond donors (Lipinski definition) is 0. The zero-order valence-electron chi connectivity index (χ0n) is 20.3. The van der Waals surface area contributed by atoms with E-state index in [1.165, 1.54) is 7.11 Å². The third-order valence-electron chi connectivity index (χ3n) is 4.88. The zero-order valence-corrected chi connectivity index (χ0v) is 20.3. The van der Waals surface area contributed by atoms with Crippen LogP contribution in [-0.2, 0) is 27.5 Å². The Morgan fingerprint density at radius 1 is 0.818 bits per heavy atom. The van der Waals surface area contributed by atoms with Gasteiger partial charge >= 0.3 is 0 Å². The van der Waals surface area contributed by atoms with Gasteiger partial charge in [-0.25, -0.2) is 0 Å². The van der Waals surface area contributed by atoms with Crippen molar-refractivity contribution in [2.24, 2.45) is 5.16 Å². The lowest BCUT2D eigenvalue weighted by Gasteiger charge is -2.14. The molecule has 0 N–H and O–H groups in total. The first-order valence-corrected chi connectivity index (χ1v) is 11.4. The molecule has 0 aliphatic carbocycles. The number of rotatable bonds is 16. The highest BCUT2D eigenvalue weighted by molar-refractivity contribution is 5.57. The smallest absolute Gasteiger partial charge is 0.125 e. The van der Waals surface area contributed by atoms with Gasteiger partial charge < -0.3 is 23.8 Å². The van der Waals surface area contributed by atoms with Crippen molar-refractivity contribution >= 4 is 6.21 Å². The normalized spacial score (nSPS) is 11.4. The maximum absolute atomic E-state index is 6.03. The highest BCUT2D eigenvalue weighted by Gasteiger charge is 2.07. The summed E-state index contributed by atoms with van der Waals surface area (Å²) >= 11 is 0. The van der Waals surface area contributed by atoms with E-state index in [2.05, 4.69) is 48.1 Å². The maximum atomic E-state index is 6.03. The second-order valence-electron chi connectivity index (χ2n) is 7.68. The van der Waals surface area contributed by atoms with Gasteiger partial charge in [0.2, 0.25) is 0 Å². The van der Waals surface area contributed by atoms with Crippen LogP contribution >= 0.6 is 0 Å². The van der Waals surface area contributed by atoms with E-state index in [-0.39, 0.29) is 0 Å². The van der Waals surface area contributed by atoms with Gasteiger partial charge in [0.25, 0.3) is 0 Å². The molecule has 0 unspecified atom stereocenters. The van der Waals surface area contributed by atoms with Gasteiger partial charge in [0.15, 0.2) is 0 Å². The summed E-state index contributed by atoms with van der Waals surface area (Å²) in [7, 11) is 1.51. The minimum atomic E-state index is 0.429. The third kappa shape index (κ3) is 10.6. The monoisotopic (exact) mass is 455 g/mol. The van der Waals surface area contributed by atoms with E-state index < -0.39 is 0 Å². The summed E-state index contributed by atoms with van der Waals surface area (Å²) in [4.78, 5) is 4.59. The summed E-state index contributed by atoms with van der Waals surface area (Å²) in [6.07, 6.45) is 7.47. The second kappa shape index (κ2) is 15.9. The molecule has 0 aliphatic rings. The number of benzene rings is 2. The molecule has 0 amide bonds. The van der Waals surface area contributed by atoms with Crippen LogP contribution in [0.2, 0.25) is 0 Å². The zero-order chi connectivity index (χ0) is 23.7. The number of nitrogens with zero attached hydrogens (tertiary/aromatic N) is 1. The quantitative estimate of drug-likeness (QED) is 0.139. The van der Waals surface area contributed by atoms with E-state index >= 15 is 0 Å². The van der Waals surface area contributed by atoms with Crippen molar-refractivity contribution in [1.29, 1.82) is 0 Å². The molecule has 2 rings (SSSR count). The van der Waals surface area contributed by atoms with E-state index in [4.69, 9.17) is 18.9 Å². The maximum Gasteiger partial charge on any atom is 0.125 e. The van der Waals surface area contributed by atoms with Crippen LogP contribution in [0, 0.1) is 13.8 Å². The molecule has 6 heteroatoms. The summed E-state index contributed by atoms with van der Waals surface area (Å²) < 4.78 is 23.1. The minimum absolute atomic E-state index is 0.429. The molecule has 33 heavy (non-hydrogen) atoms. The Balaban J connectivity index is 1.60. The van der Waals surface area contributed by atoms with Gasteiger partial charge in [0.05, 0.1) is 32.6 Å². The number of unbranched alkanes of at least 4 members (excludes halogenated alkanes) is 1. The molecule has 180 valence electrons. The van der Waals surface area contributed by atoms with Gasteiger partial charge in [0, 0.05) is 6.61 Å². The fraction of sp³-hybridized carbons (Fsp3) is 0.444. The van der Waals surface area contributed by atoms with Gasteiger partial charge in [-0.2, -0.15) is 0 Å². The van der Waals surface area contributed by atoms with Crippen LogP contribution in [0.15, 0.2) is 53.7 Å². The van der Waals surface area contributed by atoms with Crippen molar-refractivity contribution in [3.05, 3.63) is 70.8 Å². The number of ether oxygens (including phenoxy) is 4. The lowest BCUT2D eigenvalue weighted by Crippen LogP contribution is -2.04. The summed E-state index contributed by atoms with van der Waals surface area (Å²) in [6, 6.07) is 12.3. The first-order chi connectivity index (χ1) is 16.1. The van der Waals surface area contributed by atoms with E-state index in [1.54, 1.807) is 6.21 Å².